The molecule has 23 heavy (non-hydrogen) atoms. The van der Waals surface area contributed by atoms with Gasteiger partial charge in [-0.1, -0.05) is 0 Å². The van der Waals surface area contributed by atoms with E-state index in [2.05, 4.69) is 15.3 Å². The summed E-state index contributed by atoms with van der Waals surface area (Å²) < 4.78 is 14.0. The lowest BCUT2D eigenvalue weighted by molar-refractivity contribution is -0.126. The smallest absolute Gasteiger partial charge is 0.356 e. The van der Waals surface area contributed by atoms with Gasteiger partial charge in [0.25, 0.3) is 11.7 Å². The average molecular weight is 320 g/mol. The van der Waals surface area contributed by atoms with Crippen LogP contribution in [0.4, 0.5) is 4.39 Å². The number of carbonyl (C=O) groups excluding carboxylic acids is 2. The number of ketones is 1. The van der Waals surface area contributed by atoms with E-state index >= 15 is 0 Å². The second kappa shape index (κ2) is 5.76. The van der Waals surface area contributed by atoms with Crippen LogP contribution in [-0.4, -0.2) is 63.8 Å². The van der Waals surface area contributed by atoms with Crippen LogP contribution in [0.3, 0.4) is 0 Å². The number of nitrogens with zero attached hydrogens (tertiary/aromatic N) is 2. The van der Waals surface area contributed by atoms with Crippen molar-refractivity contribution in [3.8, 4) is 0 Å². The molecule has 2 aromatic rings. The molecule has 3 N–H and O–H groups in total. The van der Waals surface area contributed by atoms with Crippen molar-refractivity contribution in [3.05, 3.63) is 29.5 Å². The molecule has 1 fully saturated rings. The third-order valence-corrected chi connectivity index (χ3v) is 3.71. The fourth-order valence-corrected chi connectivity index (χ4v) is 2.58. The van der Waals surface area contributed by atoms with Gasteiger partial charge in [-0.3, -0.25) is 9.59 Å². The lowest BCUT2D eigenvalue weighted by Gasteiger charge is -2.26. The van der Waals surface area contributed by atoms with Crippen LogP contribution in [0.5, 0.6) is 0 Å². The highest BCUT2D eigenvalue weighted by Crippen LogP contribution is 2.24. The van der Waals surface area contributed by atoms with Gasteiger partial charge < -0.3 is 20.3 Å². The zero-order valence-electron chi connectivity index (χ0n) is 11.9. The molecule has 120 valence electrons. The summed E-state index contributed by atoms with van der Waals surface area (Å²) in [5, 5.41) is 11.9. The standard InChI is InChI=1S/C14H13FN4O4/c15-8-6-18-11(14(22)23)10-9(8)7(5-17-10)12(20)13(21)19-3-1-16-2-4-19/h5-6,16-17H,1-4H2,(H,22,23). The number of aromatic nitrogens is 2. The summed E-state index contributed by atoms with van der Waals surface area (Å²) in [4.78, 5) is 43.2. The number of hydrogen-bond donors (Lipinski definition) is 3. The number of piperazine rings is 1. The van der Waals surface area contributed by atoms with Gasteiger partial charge in [-0.05, 0) is 0 Å². The van der Waals surface area contributed by atoms with E-state index in [9.17, 15) is 18.8 Å². The highest BCUT2D eigenvalue weighted by molar-refractivity contribution is 6.45. The minimum atomic E-state index is -1.36. The number of carboxylic acids is 1. The number of hydrogen-bond acceptors (Lipinski definition) is 5. The van der Waals surface area contributed by atoms with E-state index in [0.29, 0.717) is 26.2 Å². The van der Waals surface area contributed by atoms with E-state index in [0.717, 1.165) is 12.4 Å². The van der Waals surface area contributed by atoms with Crippen molar-refractivity contribution in [1.82, 2.24) is 20.2 Å². The Morgan fingerprint density at radius 3 is 2.61 bits per heavy atom. The first-order valence-corrected chi connectivity index (χ1v) is 6.94. The normalized spacial score (nSPS) is 14.9. The maximum Gasteiger partial charge on any atom is 0.356 e. The minimum Gasteiger partial charge on any atom is -0.476 e. The number of halogens is 1. The number of aromatic carboxylic acids is 1. The van der Waals surface area contributed by atoms with Crippen LogP contribution in [0.25, 0.3) is 10.9 Å². The highest BCUT2D eigenvalue weighted by Gasteiger charge is 2.28. The van der Waals surface area contributed by atoms with Crippen LogP contribution >= 0.6 is 0 Å². The van der Waals surface area contributed by atoms with Gasteiger partial charge in [0.05, 0.1) is 22.7 Å². The van der Waals surface area contributed by atoms with Crippen LogP contribution < -0.4 is 5.32 Å². The minimum absolute atomic E-state index is 0.117. The van der Waals surface area contributed by atoms with Gasteiger partial charge in [-0.25, -0.2) is 14.2 Å². The van der Waals surface area contributed by atoms with Crippen molar-refractivity contribution < 1.29 is 23.9 Å². The molecule has 0 atom stereocenters. The third-order valence-electron chi connectivity index (χ3n) is 3.71. The van der Waals surface area contributed by atoms with Gasteiger partial charge in [0, 0.05) is 32.4 Å². The molecule has 1 aliphatic rings. The van der Waals surface area contributed by atoms with Gasteiger partial charge >= 0.3 is 5.97 Å². The lowest BCUT2D eigenvalue weighted by atomic mass is 10.1. The molecule has 0 saturated carbocycles. The van der Waals surface area contributed by atoms with Crippen LogP contribution in [0.2, 0.25) is 0 Å². The Bertz CT molecular complexity index is 810. The molecule has 0 unspecified atom stereocenters. The predicted molar refractivity (Wildman–Crippen MR) is 76.8 cm³/mol. The first-order valence-electron chi connectivity index (χ1n) is 6.94. The summed E-state index contributed by atoms with van der Waals surface area (Å²) in [5.74, 6) is -3.83. The Labute approximate surface area is 129 Å². The van der Waals surface area contributed by atoms with Gasteiger partial charge in [-0.15, -0.1) is 0 Å². The Morgan fingerprint density at radius 2 is 1.96 bits per heavy atom. The van der Waals surface area contributed by atoms with Crippen LogP contribution in [0.15, 0.2) is 12.4 Å². The van der Waals surface area contributed by atoms with E-state index in [4.69, 9.17) is 5.11 Å². The molecule has 9 heteroatoms. The van der Waals surface area contributed by atoms with Crippen molar-refractivity contribution in [2.24, 2.45) is 0 Å². The van der Waals surface area contributed by atoms with E-state index < -0.39 is 29.2 Å². The maximum absolute atomic E-state index is 14.0. The van der Waals surface area contributed by atoms with Crippen LogP contribution in [0.1, 0.15) is 20.8 Å². The molecule has 0 aromatic carbocycles. The molecule has 3 rings (SSSR count). The second-order valence-electron chi connectivity index (χ2n) is 5.08. The zero-order chi connectivity index (χ0) is 16.6. The maximum atomic E-state index is 14.0. The molecular weight excluding hydrogens is 307 g/mol. The summed E-state index contributed by atoms with van der Waals surface area (Å²) in [6.45, 7) is 1.93. The fourth-order valence-electron chi connectivity index (χ4n) is 2.58. The van der Waals surface area contributed by atoms with Gasteiger partial charge in [0.1, 0.15) is 0 Å². The summed E-state index contributed by atoms with van der Waals surface area (Å²) in [5.41, 5.74) is -0.713. The van der Waals surface area contributed by atoms with Crippen molar-refractivity contribution in [2.75, 3.05) is 26.2 Å². The van der Waals surface area contributed by atoms with E-state index in [1.54, 1.807) is 0 Å². The topological polar surface area (TPSA) is 115 Å². The van der Waals surface area contributed by atoms with Gasteiger partial charge in [0.15, 0.2) is 11.5 Å². The number of amides is 1. The Morgan fingerprint density at radius 1 is 1.26 bits per heavy atom. The number of Topliss-reactive ketones (excluding diaryl/α,β-unsaturated/α-hetero) is 1. The van der Waals surface area contributed by atoms with E-state index in [-0.39, 0.29) is 16.5 Å². The third kappa shape index (κ3) is 2.55. The lowest BCUT2D eigenvalue weighted by Crippen LogP contribution is -2.48. The van der Waals surface area contributed by atoms with Gasteiger partial charge in [0.2, 0.25) is 0 Å². The number of aromatic amines is 1. The number of carbonyl (C=O) groups is 3. The second-order valence-corrected chi connectivity index (χ2v) is 5.08. The molecule has 2 aromatic heterocycles. The molecular formula is C14H13FN4O4. The number of fused-ring (bicyclic) bond motifs is 1. The first kappa shape index (κ1) is 15.1. The molecule has 0 aliphatic carbocycles. The molecule has 0 bridgehead atoms. The van der Waals surface area contributed by atoms with Crippen LogP contribution in [-0.2, 0) is 4.79 Å². The Kier molecular flexibility index (Phi) is 3.78. The predicted octanol–water partition coefficient (Wildman–Crippen LogP) is 0.0147. The van der Waals surface area contributed by atoms with Gasteiger partial charge in [-0.2, -0.15) is 0 Å². The van der Waals surface area contributed by atoms with Crippen molar-refractivity contribution in [1.29, 1.82) is 0 Å². The molecule has 3 heterocycles. The van der Waals surface area contributed by atoms with Crippen molar-refractivity contribution in [2.45, 2.75) is 0 Å². The largest absolute Gasteiger partial charge is 0.476 e. The monoisotopic (exact) mass is 320 g/mol. The molecule has 0 radical (unpaired) electrons. The van der Waals surface area contributed by atoms with E-state index in [1.165, 1.54) is 4.90 Å². The van der Waals surface area contributed by atoms with Crippen molar-refractivity contribution in [3.63, 3.8) is 0 Å². The fraction of sp³-hybridized carbons (Fsp3) is 0.286. The molecule has 1 saturated heterocycles. The summed E-state index contributed by atoms with van der Waals surface area (Å²) in [6.07, 6.45) is 1.87. The molecule has 1 aliphatic heterocycles. The summed E-state index contributed by atoms with van der Waals surface area (Å²) in [6, 6.07) is 0. The Balaban J connectivity index is 2.03. The molecule has 8 nitrogen and oxygen atoms in total. The summed E-state index contributed by atoms with van der Waals surface area (Å²) in [7, 11) is 0. The van der Waals surface area contributed by atoms with E-state index in [1.807, 2.05) is 0 Å². The number of rotatable bonds is 3. The first-order chi connectivity index (χ1) is 11.0. The molecule has 0 spiro atoms. The van der Waals surface area contributed by atoms with Crippen molar-refractivity contribution >= 4 is 28.6 Å². The number of nitrogens with one attached hydrogen (secondary N) is 2. The summed E-state index contributed by atoms with van der Waals surface area (Å²) >= 11 is 0. The number of pyridine rings is 1. The average Bonchev–Trinajstić information content (AvgIpc) is 3.00. The quantitative estimate of drug-likeness (QED) is 0.542. The zero-order valence-corrected chi connectivity index (χ0v) is 11.9. The number of carboxylic acid groups (broad SMARTS) is 1. The number of H-pyrrole nitrogens is 1. The molecule has 1 amide bonds. The highest BCUT2D eigenvalue weighted by atomic mass is 19.1. The Hall–Kier alpha value is -2.81. The SMILES string of the molecule is O=C(O)c1ncc(F)c2c(C(=O)C(=O)N3CCNCC3)c[nH]c12. The van der Waals surface area contributed by atoms with Crippen LogP contribution in [0, 0.1) is 5.82 Å².